The molecule has 0 radical (unpaired) electrons. The fraction of sp³-hybridized carbons (Fsp3) is 0.667. The quantitative estimate of drug-likeness (QED) is 0.504. The Morgan fingerprint density at radius 1 is 1.67 bits per heavy atom. The Balaban J connectivity index is 3.51. The first-order valence-electron chi connectivity index (χ1n) is 2.86. The zero-order chi connectivity index (χ0) is 7.28. The zero-order valence-electron chi connectivity index (χ0n) is 5.92. The van der Waals surface area contributed by atoms with Gasteiger partial charge in [-0.1, -0.05) is 0 Å². The maximum Gasteiger partial charge on any atom is 0.433 e. The lowest BCUT2D eigenvalue weighted by molar-refractivity contribution is 0.126. The third-order valence-electron chi connectivity index (χ3n) is 0.571. The van der Waals surface area contributed by atoms with Crippen LogP contribution in [0.3, 0.4) is 0 Å². The van der Waals surface area contributed by atoms with Gasteiger partial charge in [0.15, 0.2) is 0 Å². The van der Waals surface area contributed by atoms with Gasteiger partial charge < -0.3 is 4.74 Å². The van der Waals surface area contributed by atoms with Crippen molar-refractivity contribution >= 4 is 12.3 Å². The van der Waals surface area contributed by atoms with Gasteiger partial charge in [-0.3, -0.25) is 0 Å². The minimum Gasteiger partial charge on any atom is -0.445 e. The summed E-state index contributed by atoms with van der Waals surface area (Å²) in [5.41, 5.74) is 0. The van der Waals surface area contributed by atoms with Gasteiger partial charge in [0.1, 0.15) is 0 Å². The second-order valence-electron chi connectivity index (χ2n) is 1.82. The van der Waals surface area contributed by atoms with Gasteiger partial charge in [0.05, 0.1) is 6.10 Å². The molecule has 1 amide bonds. The molecule has 3 nitrogen and oxygen atoms in total. The average molecular weight is 129 g/mol. The summed E-state index contributed by atoms with van der Waals surface area (Å²) in [7, 11) is 0. The summed E-state index contributed by atoms with van der Waals surface area (Å²) in [6.07, 6.45) is 0.804. The molecule has 0 N–H and O–H groups in total. The summed E-state index contributed by atoms with van der Waals surface area (Å²) in [6.45, 7) is 5.23. The number of hydrogen-bond acceptors (Lipinski definition) is 2. The molecule has 0 aromatic rings. The molecule has 0 spiro atoms. The molecule has 0 aliphatic carbocycles. The van der Waals surface area contributed by atoms with Crippen molar-refractivity contribution in [3.8, 4) is 0 Å². The monoisotopic (exact) mass is 129 g/mol. The third-order valence-corrected chi connectivity index (χ3v) is 0.571. The van der Waals surface area contributed by atoms with Crippen LogP contribution >= 0.6 is 0 Å². The molecular weight excluding hydrogens is 118 g/mol. The summed E-state index contributed by atoms with van der Waals surface area (Å²) in [5, 5.41) is 0. The van der Waals surface area contributed by atoms with E-state index < -0.39 is 6.09 Å². The molecule has 52 valence electrons. The van der Waals surface area contributed by atoms with E-state index in [0.29, 0.717) is 0 Å². The van der Waals surface area contributed by atoms with Gasteiger partial charge in [-0.05, 0) is 20.8 Å². The number of hydrogen-bond donors (Lipinski definition) is 0. The molecule has 9 heavy (non-hydrogen) atoms. The van der Waals surface area contributed by atoms with Gasteiger partial charge in [0.25, 0.3) is 0 Å². The normalized spacial score (nSPS) is 10.7. The molecule has 3 heteroatoms. The highest BCUT2D eigenvalue weighted by atomic mass is 16.6. The first-order chi connectivity index (χ1) is 4.16. The van der Waals surface area contributed by atoms with Crippen LogP contribution in [0.25, 0.3) is 0 Å². The molecule has 0 bridgehead atoms. The fourth-order valence-electron chi connectivity index (χ4n) is 0.337. The summed E-state index contributed by atoms with van der Waals surface area (Å²) in [4.78, 5) is 13.8. The smallest absolute Gasteiger partial charge is 0.433 e. The Kier molecular flexibility index (Phi) is 3.67. The minimum absolute atomic E-state index is 0.0822. The molecule has 0 aromatic heterocycles. The molecule has 0 unspecified atom stereocenters. The SMILES string of the molecule is CC=NC(=O)OC(C)C. The highest BCUT2D eigenvalue weighted by Crippen LogP contribution is 1.90. The molecule has 0 aliphatic rings. The Morgan fingerprint density at radius 2 is 2.22 bits per heavy atom. The summed E-state index contributed by atoms with van der Waals surface area (Å²) >= 11 is 0. The number of carbonyl (C=O) groups is 1. The van der Waals surface area contributed by atoms with E-state index in [-0.39, 0.29) is 6.10 Å². The lowest BCUT2D eigenvalue weighted by Crippen LogP contribution is -2.06. The molecule has 0 saturated heterocycles. The van der Waals surface area contributed by atoms with Gasteiger partial charge in [-0.2, -0.15) is 4.99 Å². The highest BCUT2D eigenvalue weighted by Gasteiger charge is 1.98. The Hall–Kier alpha value is -0.860. The van der Waals surface area contributed by atoms with Crippen LogP contribution < -0.4 is 0 Å². The van der Waals surface area contributed by atoms with E-state index in [2.05, 4.69) is 9.73 Å². The van der Waals surface area contributed by atoms with E-state index in [1.54, 1.807) is 20.8 Å². The van der Waals surface area contributed by atoms with Gasteiger partial charge in [0, 0.05) is 6.21 Å². The van der Waals surface area contributed by atoms with Crippen LogP contribution in [-0.4, -0.2) is 18.4 Å². The first kappa shape index (κ1) is 8.14. The van der Waals surface area contributed by atoms with Crippen molar-refractivity contribution in [1.82, 2.24) is 0 Å². The lowest BCUT2D eigenvalue weighted by Gasteiger charge is -2.01. The second-order valence-corrected chi connectivity index (χ2v) is 1.82. The van der Waals surface area contributed by atoms with Crippen LogP contribution in [0.2, 0.25) is 0 Å². The van der Waals surface area contributed by atoms with Crippen LogP contribution in [-0.2, 0) is 4.74 Å². The Bertz CT molecular complexity index is 118. The van der Waals surface area contributed by atoms with Crippen LogP contribution in [0.1, 0.15) is 20.8 Å². The largest absolute Gasteiger partial charge is 0.445 e. The van der Waals surface area contributed by atoms with Crippen molar-refractivity contribution in [2.75, 3.05) is 0 Å². The second kappa shape index (κ2) is 4.06. The molecule has 0 aliphatic heterocycles. The molecule has 0 heterocycles. The van der Waals surface area contributed by atoms with Crippen molar-refractivity contribution in [1.29, 1.82) is 0 Å². The maximum absolute atomic E-state index is 10.4. The average Bonchev–Trinajstić information content (AvgIpc) is 1.63. The number of carbonyl (C=O) groups excluding carboxylic acids is 1. The fourth-order valence-corrected chi connectivity index (χ4v) is 0.337. The predicted molar refractivity (Wildman–Crippen MR) is 35.8 cm³/mol. The number of amides is 1. The van der Waals surface area contributed by atoms with Crippen LogP contribution in [0.4, 0.5) is 4.79 Å². The molecule has 0 saturated carbocycles. The van der Waals surface area contributed by atoms with E-state index in [0.717, 1.165) is 0 Å². The van der Waals surface area contributed by atoms with Gasteiger partial charge in [-0.15, -0.1) is 0 Å². The van der Waals surface area contributed by atoms with E-state index >= 15 is 0 Å². The number of ether oxygens (including phenoxy) is 1. The number of rotatable bonds is 1. The molecule has 0 atom stereocenters. The van der Waals surface area contributed by atoms with Crippen LogP contribution in [0.5, 0.6) is 0 Å². The van der Waals surface area contributed by atoms with E-state index in [1.165, 1.54) is 6.21 Å². The van der Waals surface area contributed by atoms with Crippen molar-refractivity contribution in [2.45, 2.75) is 26.9 Å². The Labute approximate surface area is 54.7 Å². The lowest BCUT2D eigenvalue weighted by atomic mass is 10.5. The van der Waals surface area contributed by atoms with Crippen molar-refractivity contribution < 1.29 is 9.53 Å². The highest BCUT2D eigenvalue weighted by molar-refractivity contribution is 5.78. The van der Waals surface area contributed by atoms with Crippen molar-refractivity contribution in [3.05, 3.63) is 0 Å². The van der Waals surface area contributed by atoms with E-state index in [4.69, 9.17) is 0 Å². The van der Waals surface area contributed by atoms with E-state index in [1.807, 2.05) is 0 Å². The van der Waals surface area contributed by atoms with Crippen LogP contribution in [0.15, 0.2) is 4.99 Å². The number of aliphatic imine (C=N–C) groups is 1. The van der Waals surface area contributed by atoms with Crippen LogP contribution in [0, 0.1) is 0 Å². The number of nitrogens with zero attached hydrogens (tertiary/aromatic N) is 1. The predicted octanol–water partition coefficient (Wildman–Crippen LogP) is 1.62. The van der Waals surface area contributed by atoms with Gasteiger partial charge in [0.2, 0.25) is 0 Å². The molecule has 0 aromatic carbocycles. The first-order valence-corrected chi connectivity index (χ1v) is 2.86. The molecular formula is C6H11NO2. The molecule has 0 fully saturated rings. The van der Waals surface area contributed by atoms with Crippen molar-refractivity contribution in [2.24, 2.45) is 4.99 Å². The van der Waals surface area contributed by atoms with Gasteiger partial charge >= 0.3 is 6.09 Å². The maximum atomic E-state index is 10.4. The summed E-state index contributed by atoms with van der Waals surface area (Å²) in [6, 6.07) is 0. The summed E-state index contributed by atoms with van der Waals surface area (Å²) < 4.78 is 4.65. The van der Waals surface area contributed by atoms with E-state index in [9.17, 15) is 4.79 Å². The zero-order valence-corrected chi connectivity index (χ0v) is 5.92. The topological polar surface area (TPSA) is 38.7 Å². The Morgan fingerprint density at radius 3 is 2.56 bits per heavy atom. The standard InChI is InChI=1S/C6H11NO2/c1-4-7-6(8)9-5(2)3/h4-5H,1-3H3. The van der Waals surface area contributed by atoms with Crippen molar-refractivity contribution in [3.63, 3.8) is 0 Å². The minimum atomic E-state index is -0.521. The third kappa shape index (κ3) is 5.00. The van der Waals surface area contributed by atoms with Gasteiger partial charge in [-0.25, -0.2) is 4.79 Å². The molecule has 0 rings (SSSR count). The summed E-state index contributed by atoms with van der Waals surface area (Å²) in [5.74, 6) is 0.